The fourth-order valence-corrected chi connectivity index (χ4v) is 4.02. The molecule has 0 saturated heterocycles. The number of rotatable bonds is 2. The molecule has 0 nitrogen and oxygen atoms in total. The van der Waals surface area contributed by atoms with Crippen molar-refractivity contribution < 1.29 is 0 Å². The standard InChI is InChI=1S/C15H28/c1-13(14-9-5-3-6-10-14)15(2)11-7-4-8-12-15/h13-14H,3-12H2,1-2H3. The highest BCUT2D eigenvalue weighted by molar-refractivity contribution is 4.87. The summed E-state index contributed by atoms with van der Waals surface area (Å²) < 4.78 is 0. The van der Waals surface area contributed by atoms with Crippen molar-refractivity contribution in [3.8, 4) is 0 Å². The first kappa shape index (κ1) is 11.5. The molecule has 2 aliphatic carbocycles. The van der Waals surface area contributed by atoms with Crippen LogP contribution in [0.25, 0.3) is 0 Å². The molecule has 0 N–H and O–H groups in total. The van der Waals surface area contributed by atoms with Crippen molar-refractivity contribution in [3.63, 3.8) is 0 Å². The maximum absolute atomic E-state index is 2.57. The molecule has 1 atom stereocenters. The van der Waals surface area contributed by atoms with Crippen LogP contribution in [0.3, 0.4) is 0 Å². The van der Waals surface area contributed by atoms with Crippen molar-refractivity contribution in [2.45, 2.75) is 78.1 Å². The van der Waals surface area contributed by atoms with Crippen LogP contribution in [-0.4, -0.2) is 0 Å². The fraction of sp³-hybridized carbons (Fsp3) is 1.00. The van der Waals surface area contributed by atoms with E-state index in [9.17, 15) is 0 Å². The van der Waals surface area contributed by atoms with Gasteiger partial charge in [0, 0.05) is 0 Å². The third kappa shape index (κ3) is 2.57. The minimum absolute atomic E-state index is 0.695. The third-order valence-corrected chi connectivity index (χ3v) is 5.45. The van der Waals surface area contributed by atoms with Gasteiger partial charge in [-0.05, 0) is 30.1 Å². The van der Waals surface area contributed by atoms with Crippen LogP contribution in [0.5, 0.6) is 0 Å². The molecule has 1 unspecified atom stereocenters. The molecule has 88 valence electrons. The lowest BCUT2D eigenvalue weighted by Gasteiger charge is -2.44. The van der Waals surface area contributed by atoms with E-state index in [1.54, 1.807) is 0 Å². The van der Waals surface area contributed by atoms with Gasteiger partial charge in [-0.2, -0.15) is 0 Å². The van der Waals surface area contributed by atoms with Crippen LogP contribution in [0.4, 0.5) is 0 Å². The maximum Gasteiger partial charge on any atom is -0.0298 e. The smallest absolute Gasteiger partial charge is 0.0298 e. The molecule has 0 heterocycles. The van der Waals surface area contributed by atoms with E-state index in [1.807, 2.05) is 0 Å². The Hall–Kier alpha value is 0. The van der Waals surface area contributed by atoms with Crippen LogP contribution >= 0.6 is 0 Å². The molecule has 2 fully saturated rings. The minimum atomic E-state index is 0.695. The normalized spacial score (nSPS) is 30.0. The highest BCUT2D eigenvalue weighted by atomic mass is 14.4. The average molecular weight is 208 g/mol. The predicted molar refractivity (Wildman–Crippen MR) is 66.9 cm³/mol. The second kappa shape index (κ2) is 4.89. The van der Waals surface area contributed by atoms with E-state index in [0.29, 0.717) is 5.41 Å². The second-order valence-electron chi connectivity index (χ2n) is 6.40. The Kier molecular flexibility index (Phi) is 3.74. The summed E-state index contributed by atoms with van der Waals surface area (Å²) in [6.45, 7) is 5.13. The van der Waals surface area contributed by atoms with Crippen molar-refractivity contribution in [2.24, 2.45) is 17.3 Å². The zero-order valence-electron chi connectivity index (χ0n) is 10.7. The van der Waals surface area contributed by atoms with Crippen molar-refractivity contribution in [3.05, 3.63) is 0 Å². The van der Waals surface area contributed by atoms with Gasteiger partial charge in [0.25, 0.3) is 0 Å². The van der Waals surface area contributed by atoms with E-state index >= 15 is 0 Å². The van der Waals surface area contributed by atoms with E-state index in [-0.39, 0.29) is 0 Å². The topological polar surface area (TPSA) is 0 Å². The van der Waals surface area contributed by atoms with E-state index < -0.39 is 0 Å². The summed E-state index contributed by atoms with van der Waals surface area (Å²) in [4.78, 5) is 0. The summed E-state index contributed by atoms with van der Waals surface area (Å²) in [5, 5.41) is 0. The Labute approximate surface area is 95.8 Å². The van der Waals surface area contributed by atoms with Crippen LogP contribution < -0.4 is 0 Å². The van der Waals surface area contributed by atoms with E-state index in [0.717, 1.165) is 11.8 Å². The zero-order chi connectivity index (χ0) is 10.7. The van der Waals surface area contributed by atoms with E-state index in [4.69, 9.17) is 0 Å². The van der Waals surface area contributed by atoms with Gasteiger partial charge in [0.2, 0.25) is 0 Å². The summed E-state index contributed by atoms with van der Waals surface area (Å²) in [5.74, 6) is 2.04. The molecule has 0 heteroatoms. The lowest BCUT2D eigenvalue weighted by molar-refractivity contribution is 0.0675. The van der Waals surface area contributed by atoms with E-state index in [2.05, 4.69) is 13.8 Å². The lowest BCUT2D eigenvalue weighted by Crippen LogP contribution is -2.33. The van der Waals surface area contributed by atoms with Gasteiger partial charge in [-0.1, -0.05) is 65.2 Å². The Morgan fingerprint density at radius 2 is 1.40 bits per heavy atom. The summed E-state index contributed by atoms with van der Waals surface area (Å²) in [6, 6.07) is 0. The van der Waals surface area contributed by atoms with Crippen molar-refractivity contribution in [1.82, 2.24) is 0 Å². The zero-order valence-corrected chi connectivity index (χ0v) is 10.7. The van der Waals surface area contributed by atoms with E-state index in [1.165, 1.54) is 64.2 Å². The molecule has 15 heavy (non-hydrogen) atoms. The monoisotopic (exact) mass is 208 g/mol. The fourth-order valence-electron chi connectivity index (χ4n) is 4.02. The van der Waals surface area contributed by atoms with Crippen LogP contribution in [0.2, 0.25) is 0 Å². The van der Waals surface area contributed by atoms with Gasteiger partial charge in [0.1, 0.15) is 0 Å². The molecule has 0 aromatic heterocycles. The van der Waals surface area contributed by atoms with Gasteiger partial charge in [0.05, 0.1) is 0 Å². The summed E-state index contributed by atoms with van der Waals surface area (Å²) in [5.41, 5.74) is 0.695. The molecule has 0 aromatic rings. The summed E-state index contributed by atoms with van der Waals surface area (Å²) >= 11 is 0. The Morgan fingerprint density at radius 3 is 2.00 bits per heavy atom. The van der Waals surface area contributed by atoms with Crippen LogP contribution in [0, 0.1) is 17.3 Å². The highest BCUT2D eigenvalue weighted by Gasteiger charge is 2.36. The van der Waals surface area contributed by atoms with Crippen molar-refractivity contribution in [2.75, 3.05) is 0 Å². The molecule has 0 spiro atoms. The second-order valence-corrected chi connectivity index (χ2v) is 6.40. The Bertz CT molecular complexity index is 182. The lowest BCUT2D eigenvalue weighted by atomic mass is 9.61. The molecule has 2 saturated carbocycles. The van der Waals surface area contributed by atoms with Crippen molar-refractivity contribution in [1.29, 1.82) is 0 Å². The van der Waals surface area contributed by atoms with Gasteiger partial charge >= 0.3 is 0 Å². The molecule has 2 aliphatic rings. The minimum Gasteiger partial charge on any atom is -0.0617 e. The Morgan fingerprint density at radius 1 is 0.867 bits per heavy atom. The van der Waals surface area contributed by atoms with Crippen LogP contribution in [0.15, 0.2) is 0 Å². The van der Waals surface area contributed by atoms with Crippen molar-refractivity contribution >= 4 is 0 Å². The molecule has 0 aliphatic heterocycles. The molecule has 0 aromatic carbocycles. The molecular formula is C15H28. The van der Waals surface area contributed by atoms with Crippen LogP contribution in [0.1, 0.15) is 78.1 Å². The molecule has 0 bridgehead atoms. The highest BCUT2D eigenvalue weighted by Crippen LogP contribution is 2.47. The largest absolute Gasteiger partial charge is 0.0617 e. The summed E-state index contributed by atoms with van der Waals surface area (Å²) in [7, 11) is 0. The van der Waals surface area contributed by atoms with Gasteiger partial charge in [-0.3, -0.25) is 0 Å². The maximum atomic E-state index is 2.57. The molecular weight excluding hydrogens is 180 g/mol. The quantitative estimate of drug-likeness (QED) is 0.587. The number of hydrogen-bond acceptors (Lipinski definition) is 0. The third-order valence-electron chi connectivity index (χ3n) is 5.45. The predicted octanol–water partition coefficient (Wildman–Crippen LogP) is 5.17. The van der Waals surface area contributed by atoms with Crippen LogP contribution in [-0.2, 0) is 0 Å². The first-order valence-electron chi connectivity index (χ1n) is 7.22. The number of hydrogen-bond donors (Lipinski definition) is 0. The average Bonchev–Trinajstić information content (AvgIpc) is 2.30. The first-order valence-corrected chi connectivity index (χ1v) is 7.22. The van der Waals surface area contributed by atoms with Gasteiger partial charge in [0.15, 0.2) is 0 Å². The summed E-state index contributed by atoms with van der Waals surface area (Å²) in [6.07, 6.45) is 15.0. The molecule has 0 radical (unpaired) electrons. The SMILES string of the molecule is CC(C1CCCCC1)C1(C)CCCCC1. The first-order chi connectivity index (χ1) is 7.22. The molecule has 0 amide bonds. The van der Waals surface area contributed by atoms with Gasteiger partial charge in [-0.25, -0.2) is 0 Å². The Balaban J connectivity index is 1.94. The van der Waals surface area contributed by atoms with Gasteiger partial charge < -0.3 is 0 Å². The molecule has 2 rings (SSSR count). The van der Waals surface area contributed by atoms with Gasteiger partial charge in [-0.15, -0.1) is 0 Å².